The molecule has 55 heavy (non-hydrogen) atoms. The number of benzene rings is 4. The number of amides is 2. The summed E-state index contributed by atoms with van der Waals surface area (Å²) in [5.41, 5.74) is 4.42. The third kappa shape index (κ3) is 11.6. The lowest BCUT2D eigenvalue weighted by molar-refractivity contribution is -0.884. The van der Waals surface area contributed by atoms with Gasteiger partial charge in [-0.15, -0.1) is 0 Å². The van der Waals surface area contributed by atoms with Crippen LogP contribution in [0.4, 0.5) is 16.2 Å². The molecule has 0 saturated carbocycles. The summed E-state index contributed by atoms with van der Waals surface area (Å²) in [6.45, 7) is 14.4. The molecule has 0 aromatic heterocycles. The van der Waals surface area contributed by atoms with Gasteiger partial charge in [0.2, 0.25) is 5.91 Å². The summed E-state index contributed by atoms with van der Waals surface area (Å²) >= 11 is 0. The minimum atomic E-state index is -0.707. The molecule has 0 aliphatic carbocycles. The molecule has 4 aromatic carbocycles. The fourth-order valence-corrected chi connectivity index (χ4v) is 7.09. The number of nitrogens with zero attached hydrogens (tertiary/aromatic N) is 2. The number of quaternary nitrogens is 1. The van der Waals surface area contributed by atoms with E-state index in [9.17, 15) is 14.4 Å². The fourth-order valence-electron chi connectivity index (χ4n) is 7.09. The smallest absolute Gasteiger partial charge is 0.412 e. The van der Waals surface area contributed by atoms with E-state index in [1.54, 1.807) is 45.0 Å². The summed E-state index contributed by atoms with van der Waals surface area (Å²) in [5.74, 6) is 0.872. The molecule has 2 amide bonds. The Balaban J connectivity index is 1.40. The zero-order chi connectivity index (χ0) is 39.4. The van der Waals surface area contributed by atoms with Gasteiger partial charge >= 0.3 is 6.09 Å². The number of ether oxygens (including phenoxy) is 2. The van der Waals surface area contributed by atoms with Crippen LogP contribution in [0, 0.1) is 0 Å². The number of allylic oxidation sites excluding steroid dienone is 1. The summed E-state index contributed by atoms with van der Waals surface area (Å²) < 4.78 is 12.3. The van der Waals surface area contributed by atoms with Crippen LogP contribution in [0.2, 0.25) is 0 Å². The molecule has 4 aromatic rings. The maximum Gasteiger partial charge on any atom is 0.412 e. The molecule has 1 saturated heterocycles. The number of anilines is 2. The minimum Gasteiger partial charge on any atom is -0.489 e. The van der Waals surface area contributed by atoms with Crippen LogP contribution in [0.3, 0.4) is 0 Å². The minimum absolute atomic E-state index is 0.0617. The van der Waals surface area contributed by atoms with Gasteiger partial charge in [0.15, 0.2) is 5.78 Å². The molecule has 1 aliphatic heterocycles. The van der Waals surface area contributed by atoms with Crippen molar-refractivity contribution in [1.82, 2.24) is 0 Å². The second-order valence-electron chi connectivity index (χ2n) is 15.7. The predicted octanol–water partition coefficient (Wildman–Crippen LogP) is 10.5. The summed E-state index contributed by atoms with van der Waals surface area (Å²) in [6.07, 6.45) is 6.96. The summed E-state index contributed by atoms with van der Waals surface area (Å²) in [7, 11) is 0. The lowest BCUT2D eigenvalue weighted by atomic mass is 9.98. The summed E-state index contributed by atoms with van der Waals surface area (Å²) in [4.78, 5) is 42.4. The number of carbonyl (C=O) groups excluding carboxylic acids is 3. The van der Waals surface area contributed by atoms with Crippen LogP contribution in [0.5, 0.6) is 5.75 Å². The highest BCUT2D eigenvalue weighted by Crippen LogP contribution is 2.30. The number of carbonyl (C=O) groups is 3. The second-order valence-corrected chi connectivity index (χ2v) is 15.7. The van der Waals surface area contributed by atoms with Gasteiger partial charge in [-0.25, -0.2) is 4.79 Å². The maximum absolute atomic E-state index is 14.2. The monoisotopic (exact) mass is 744 g/mol. The molecule has 5 rings (SSSR count). The van der Waals surface area contributed by atoms with Crippen LogP contribution in [-0.2, 0) is 22.6 Å². The van der Waals surface area contributed by atoms with Crippen molar-refractivity contribution in [2.75, 3.05) is 29.9 Å². The molecule has 290 valence electrons. The van der Waals surface area contributed by atoms with Crippen molar-refractivity contribution >= 4 is 29.2 Å². The van der Waals surface area contributed by atoms with E-state index in [0.29, 0.717) is 40.4 Å². The average Bonchev–Trinajstić information content (AvgIpc) is 3.19. The fraction of sp³-hybridized carbons (Fsp3) is 0.383. The van der Waals surface area contributed by atoms with E-state index in [1.807, 2.05) is 54.4 Å². The number of rotatable bonds is 15. The van der Waals surface area contributed by atoms with Crippen LogP contribution >= 0.6 is 0 Å². The molecule has 1 unspecified atom stereocenters. The predicted molar refractivity (Wildman–Crippen MR) is 221 cm³/mol. The third-order valence-electron chi connectivity index (χ3n) is 10.5. The van der Waals surface area contributed by atoms with Crippen molar-refractivity contribution in [3.05, 3.63) is 138 Å². The van der Waals surface area contributed by atoms with Crippen LogP contribution in [0.15, 0.2) is 115 Å². The van der Waals surface area contributed by atoms with Gasteiger partial charge in [-0.3, -0.25) is 19.4 Å². The number of ketones is 1. The van der Waals surface area contributed by atoms with E-state index in [1.165, 1.54) is 11.1 Å². The Morgan fingerprint density at radius 2 is 1.53 bits per heavy atom. The maximum atomic E-state index is 14.2. The van der Waals surface area contributed by atoms with Gasteiger partial charge in [-0.1, -0.05) is 93.6 Å². The van der Waals surface area contributed by atoms with Crippen LogP contribution in [-0.4, -0.2) is 53.5 Å². The number of para-hydroxylation sites is 1. The first kappa shape index (κ1) is 41.0. The number of likely N-dealkylation sites (tertiary alicyclic amines) is 1. The van der Waals surface area contributed by atoms with Crippen molar-refractivity contribution in [3.63, 3.8) is 0 Å². The Bertz CT molecular complexity index is 1890. The van der Waals surface area contributed by atoms with Crippen molar-refractivity contribution in [2.24, 2.45) is 0 Å². The molecular weight excluding hydrogens is 687 g/mol. The molecule has 1 heterocycles. The van der Waals surface area contributed by atoms with Gasteiger partial charge in [-0.05, 0) is 80.1 Å². The standard InChI is InChI=1S/C47H57N3O5/c1-7-35(3)38-21-19-37(20-22-38)34-54-41-23-24-43(48-46(53)55-47(4,5)6)42(33-41)44(51)28-32-50(29-25-36-15-11-9-12-16-36)30-26-40(27-31-50)49(45(52)8-2)39-17-13-10-14-18-39/h9-24,28,32-33,35,40H,7-8,25-27,29-31,34H2,1-6H3/p+1. The van der Waals surface area contributed by atoms with Crippen LogP contribution in [0.25, 0.3) is 0 Å². The highest BCUT2D eigenvalue weighted by Gasteiger charge is 2.37. The third-order valence-corrected chi connectivity index (χ3v) is 10.5. The average molecular weight is 745 g/mol. The normalized spacial score (nSPS) is 17.7. The molecule has 0 bridgehead atoms. The highest BCUT2D eigenvalue weighted by molar-refractivity contribution is 6.10. The Morgan fingerprint density at radius 1 is 0.873 bits per heavy atom. The molecule has 1 atom stereocenters. The molecule has 8 nitrogen and oxygen atoms in total. The van der Waals surface area contributed by atoms with Gasteiger partial charge in [0, 0.05) is 49.1 Å². The van der Waals surface area contributed by atoms with Gasteiger partial charge in [0.25, 0.3) is 0 Å². The molecule has 0 spiro atoms. The van der Waals surface area contributed by atoms with Gasteiger partial charge in [0.1, 0.15) is 18.0 Å². The van der Waals surface area contributed by atoms with Crippen molar-refractivity contribution < 1.29 is 28.3 Å². The molecular formula is C47H58N3O5+. The largest absolute Gasteiger partial charge is 0.489 e. The highest BCUT2D eigenvalue weighted by atomic mass is 16.6. The Kier molecular flexibility index (Phi) is 14.1. The number of nitrogens with one attached hydrogen (secondary N) is 1. The van der Waals surface area contributed by atoms with E-state index in [2.05, 4.69) is 67.7 Å². The zero-order valence-electron chi connectivity index (χ0n) is 33.4. The lowest BCUT2D eigenvalue weighted by Crippen LogP contribution is -2.55. The van der Waals surface area contributed by atoms with Gasteiger partial charge in [-0.2, -0.15) is 0 Å². The van der Waals surface area contributed by atoms with E-state index >= 15 is 0 Å². The Morgan fingerprint density at radius 3 is 2.15 bits per heavy atom. The van der Waals surface area contributed by atoms with Crippen molar-refractivity contribution in [3.8, 4) is 5.75 Å². The quantitative estimate of drug-likeness (QED) is 0.0744. The van der Waals surface area contributed by atoms with Crippen LogP contribution < -0.4 is 15.0 Å². The number of piperidine rings is 1. The second kappa shape index (κ2) is 18.9. The zero-order valence-corrected chi connectivity index (χ0v) is 33.4. The first-order valence-corrected chi connectivity index (χ1v) is 19.7. The molecule has 1 fully saturated rings. The Hall–Kier alpha value is -5.21. The topological polar surface area (TPSA) is 84.9 Å². The Labute approximate surface area is 327 Å². The number of hydrogen-bond acceptors (Lipinski definition) is 5. The van der Waals surface area contributed by atoms with E-state index in [4.69, 9.17) is 9.47 Å². The van der Waals surface area contributed by atoms with Crippen molar-refractivity contribution in [1.29, 1.82) is 0 Å². The van der Waals surface area contributed by atoms with Gasteiger partial charge < -0.3 is 14.4 Å². The first-order chi connectivity index (χ1) is 26.4. The van der Waals surface area contributed by atoms with Crippen molar-refractivity contribution in [2.45, 2.75) is 97.8 Å². The van der Waals surface area contributed by atoms with E-state index in [-0.39, 0.29) is 17.7 Å². The first-order valence-electron chi connectivity index (χ1n) is 19.7. The SMILES string of the molecule is CCC(=O)N(c1ccccc1)C1CC[N+](C=CC(=O)c2cc(OCc3ccc(C(C)CC)cc3)ccc2NC(=O)OC(C)(C)C)(CCc2ccccc2)CC1. The van der Waals surface area contributed by atoms with Gasteiger partial charge in [0.05, 0.1) is 31.5 Å². The molecule has 1 aliphatic rings. The summed E-state index contributed by atoms with van der Waals surface area (Å²) in [6, 6.07) is 34.0. The van der Waals surface area contributed by atoms with E-state index in [0.717, 1.165) is 56.6 Å². The molecule has 0 radical (unpaired) electrons. The summed E-state index contributed by atoms with van der Waals surface area (Å²) in [5, 5.41) is 2.80. The van der Waals surface area contributed by atoms with E-state index < -0.39 is 11.7 Å². The molecule has 1 N–H and O–H groups in total. The number of hydrogen-bond donors (Lipinski definition) is 1. The molecule has 8 heteroatoms. The lowest BCUT2D eigenvalue weighted by Gasteiger charge is -2.44. The van der Waals surface area contributed by atoms with Crippen LogP contribution in [0.1, 0.15) is 100 Å².